The number of ether oxygens (including phenoxy) is 1. The van der Waals surface area contributed by atoms with Gasteiger partial charge in [-0.05, 0) is 37.8 Å². The molecular weight excluding hydrogens is 336 g/mol. The molecule has 2 heterocycles. The molecule has 2 atom stereocenters. The van der Waals surface area contributed by atoms with Crippen LogP contribution in [0.15, 0.2) is 35.3 Å². The standard InChI is InChI=1S/C22H34N4O/c1-23-21(24-14-20-15-26-13-7-10-19(26)16-27-20)25-17-22(11-5-6-12-22)18-8-3-2-4-9-18/h2-4,8-9,19-20H,5-7,10-17H2,1H3,(H2,23,24,25). The molecule has 1 aromatic rings. The van der Waals surface area contributed by atoms with E-state index < -0.39 is 0 Å². The number of fused-ring (bicyclic) bond motifs is 1. The second-order valence-electron chi connectivity index (χ2n) is 8.41. The zero-order valence-electron chi connectivity index (χ0n) is 16.6. The lowest BCUT2D eigenvalue weighted by molar-refractivity contribution is -0.0453. The van der Waals surface area contributed by atoms with Crippen LogP contribution in [0, 0.1) is 0 Å². The number of guanidine groups is 1. The Hall–Kier alpha value is -1.59. The summed E-state index contributed by atoms with van der Waals surface area (Å²) in [5, 5.41) is 7.11. The van der Waals surface area contributed by atoms with Gasteiger partial charge in [0.05, 0.1) is 12.7 Å². The molecule has 1 aromatic carbocycles. The van der Waals surface area contributed by atoms with Crippen molar-refractivity contribution in [3.05, 3.63) is 35.9 Å². The van der Waals surface area contributed by atoms with Crippen LogP contribution in [-0.4, -0.2) is 62.8 Å². The molecule has 4 rings (SSSR count). The zero-order valence-corrected chi connectivity index (χ0v) is 16.6. The Labute approximate surface area is 163 Å². The minimum absolute atomic E-state index is 0.239. The molecule has 2 N–H and O–H groups in total. The molecular formula is C22H34N4O. The molecule has 5 nitrogen and oxygen atoms in total. The number of aliphatic imine (C=N–C) groups is 1. The van der Waals surface area contributed by atoms with Crippen LogP contribution in [0.5, 0.6) is 0 Å². The van der Waals surface area contributed by atoms with Crippen molar-refractivity contribution in [2.75, 3.05) is 39.8 Å². The summed E-state index contributed by atoms with van der Waals surface area (Å²) in [6.45, 7) is 4.92. The smallest absolute Gasteiger partial charge is 0.191 e. The number of hydrogen-bond donors (Lipinski definition) is 2. The number of hydrogen-bond acceptors (Lipinski definition) is 3. The molecule has 3 aliphatic rings. The highest BCUT2D eigenvalue weighted by Crippen LogP contribution is 2.40. The Morgan fingerprint density at radius 1 is 1.19 bits per heavy atom. The highest BCUT2D eigenvalue weighted by Gasteiger charge is 2.36. The third kappa shape index (κ3) is 4.30. The van der Waals surface area contributed by atoms with E-state index in [-0.39, 0.29) is 11.5 Å². The molecule has 5 heteroatoms. The van der Waals surface area contributed by atoms with Crippen molar-refractivity contribution in [2.45, 2.75) is 56.1 Å². The molecule has 3 fully saturated rings. The molecule has 148 valence electrons. The first-order valence-electron chi connectivity index (χ1n) is 10.6. The first kappa shape index (κ1) is 18.8. The quantitative estimate of drug-likeness (QED) is 0.618. The predicted octanol–water partition coefficient (Wildman–Crippen LogP) is 2.53. The lowest BCUT2D eigenvalue weighted by Gasteiger charge is -2.35. The van der Waals surface area contributed by atoms with Crippen molar-refractivity contribution in [2.24, 2.45) is 4.99 Å². The van der Waals surface area contributed by atoms with E-state index in [0.29, 0.717) is 6.04 Å². The molecule has 27 heavy (non-hydrogen) atoms. The lowest BCUT2D eigenvalue weighted by Crippen LogP contribution is -2.52. The van der Waals surface area contributed by atoms with Gasteiger partial charge in [-0.2, -0.15) is 0 Å². The van der Waals surface area contributed by atoms with Gasteiger partial charge in [0, 0.05) is 38.1 Å². The summed E-state index contributed by atoms with van der Waals surface area (Å²) in [6, 6.07) is 11.7. The summed E-state index contributed by atoms with van der Waals surface area (Å²) in [7, 11) is 1.86. The summed E-state index contributed by atoms with van der Waals surface area (Å²) in [4.78, 5) is 7.04. The third-order valence-electron chi connectivity index (χ3n) is 6.72. The summed E-state index contributed by atoms with van der Waals surface area (Å²) < 4.78 is 6.07. The van der Waals surface area contributed by atoms with Crippen LogP contribution < -0.4 is 10.6 Å². The molecule has 0 radical (unpaired) electrons. The van der Waals surface area contributed by atoms with Crippen LogP contribution in [0.4, 0.5) is 0 Å². The van der Waals surface area contributed by atoms with E-state index in [0.717, 1.165) is 32.2 Å². The van der Waals surface area contributed by atoms with E-state index >= 15 is 0 Å². The van der Waals surface area contributed by atoms with Crippen LogP contribution in [-0.2, 0) is 10.2 Å². The fourth-order valence-corrected chi connectivity index (χ4v) is 5.10. The van der Waals surface area contributed by atoms with Gasteiger partial charge in [0.15, 0.2) is 5.96 Å². The van der Waals surface area contributed by atoms with Gasteiger partial charge < -0.3 is 15.4 Å². The zero-order chi connectivity index (χ0) is 18.5. The van der Waals surface area contributed by atoms with Crippen molar-refractivity contribution >= 4 is 5.96 Å². The Morgan fingerprint density at radius 2 is 2.00 bits per heavy atom. The van der Waals surface area contributed by atoms with Crippen molar-refractivity contribution in [1.29, 1.82) is 0 Å². The van der Waals surface area contributed by atoms with Crippen LogP contribution in [0.2, 0.25) is 0 Å². The second-order valence-corrected chi connectivity index (χ2v) is 8.41. The maximum Gasteiger partial charge on any atom is 0.191 e. The van der Waals surface area contributed by atoms with Gasteiger partial charge in [-0.1, -0.05) is 43.2 Å². The average molecular weight is 371 g/mol. The van der Waals surface area contributed by atoms with E-state index in [9.17, 15) is 0 Å². The van der Waals surface area contributed by atoms with E-state index in [1.807, 2.05) is 7.05 Å². The van der Waals surface area contributed by atoms with Crippen LogP contribution in [0.1, 0.15) is 44.1 Å². The fourth-order valence-electron chi connectivity index (χ4n) is 5.10. The number of morpholine rings is 1. The van der Waals surface area contributed by atoms with Gasteiger partial charge in [-0.15, -0.1) is 0 Å². The highest BCUT2D eigenvalue weighted by molar-refractivity contribution is 5.79. The second kappa shape index (κ2) is 8.61. The van der Waals surface area contributed by atoms with Gasteiger partial charge in [0.1, 0.15) is 0 Å². The van der Waals surface area contributed by atoms with Crippen LogP contribution >= 0.6 is 0 Å². The van der Waals surface area contributed by atoms with Crippen molar-refractivity contribution in [3.63, 3.8) is 0 Å². The van der Waals surface area contributed by atoms with Gasteiger partial charge in [-0.25, -0.2) is 0 Å². The fraction of sp³-hybridized carbons (Fsp3) is 0.682. The van der Waals surface area contributed by atoms with Crippen molar-refractivity contribution in [3.8, 4) is 0 Å². The lowest BCUT2D eigenvalue weighted by atomic mass is 9.79. The van der Waals surface area contributed by atoms with E-state index in [4.69, 9.17) is 4.74 Å². The molecule has 1 aliphatic carbocycles. The van der Waals surface area contributed by atoms with Gasteiger partial charge in [0.25, 0.3) is 0 Å². The van der Waals surface area contributed by atoms with Gasteiger partial charge in [0.2, 0.25) is 0 Å². The monoisotopic (exact) mass is 370 g/mol. The Balaban J connectivity index is 1.30. The molecule has 0 spiro atoms. The first-order valence-corrected chi connectivity index (χ1v) is 10.6. The van der Waals surface area contributed by atoms with Crippen LogP contribution in [0.3, 0.4) is 0 Å². The normalized spacial score (nSPS) is 28.1. The molecule has 0 bridgehead atoms. The summed E-state index contributed by atoms with van der Waals surface area (Å²) >= 11 is 0. The third-order valence-corrected chi connectivity index (χ3v) is 6.72. The molecule has 1 saturated carbocycles. The van der Waals surface area contributed by atoms with Crippen LogP contribution in [0.25, 0.3) is 0 Å². The van der Waals surface area contributed by atoms with Gasteiger partial charge in [-0.3, -0.25) is 9.89 Å². The maximum atomic E-state index is 6.07. The van der Waals surface area contributed by atoms with Crippen molar-refractivity contribution in [1.82, 2.24) is 15.5 Å². The van der Waals surface area contributed by atoms with E-state index in [2.05, 4.69) is 50.9 Å². The number of rotatable bonds is 5. The minimum atomic E-state index is 0.239. The Kier molecular flexibility index (Phi) is 5.98. The molecule has 2 aliphatic heterocycles. The summed E-state index contributed by atoms with van der Waals surface area (Å²) in [6.07, 6.45) is 8.01. The molecule has 2 unspecified atom stereocenters. The summed E-state index contributed by atoms with van der Waals surface area (Å²) in [5.74, 6) is 0.893. The highest BCUT2D eigenvalue weighted by atomic mass is 16.5. The van der Waals surface area contributed by atoms with Gasteiger partial charge >= 0.3 is 0 Å². The van der Waals surface area contributed by atoms with E-state index in [1.165, 1.54) is 50.6 Å². The maximum absolute atomic E-state index is 6.07. The molecule has 0 amide bonds. The Bertz CT molecular complexity index is 626. The number of nitrogens with zero attached hydrogens (tertiary/aromatic N) is 2. The Morgan fingerprint density at radius 3 is 2.78 bits per heavy atom. The first-order chi connectivity index (χ1) is 13.3. The molecule has 0 aromatic heterocycles. The largest absolute Gasteiger partial charge is 0.373 e. The minimum Gasteiger partial charge on any atom is -0.373 e. The average Bonchev–Trinajstić information content (AvgIpc) is 3.38. The summed E-state index contributed by atoms with van der Waals surface area (Å²) in [5.41, 5.74) is 1.70. The number of nitrogens with one attached hydrogen (secondary N) is 2. The number of benzene rings is 1. The molecule has 2 saturated heterocycles. The SMILES string of the molecule is CN=C(NCC1CN2CCCC2CO1)NCC1(c2ccccc2)CCCC1. The van der Waals surface area contributed by atoms with Crippen molar-refractivity contribution < 1.29 is 4.74 Å². The predicted molar refractivity (Wildman–Crippen MR) is 110 cm³/mol. The van der Waals surface area contributed by atoms with E-state index in [1.54, 1.807) is 0 Å². The topological polar surface area (TPSA) is 48.9 Å².